The Morgan fingerprint density at radius 3 is 1.46 bits per heavy atom. The monoisotopic (exact) mass is 366 g/mol. The molecule has 0 aromatic heterocycles. The van der Waals surface area contributed by atoms with Crippen LogP contribution in [0, 0.1) is 23.7 Å². The zero-order chi connectivity index (χ0) is 16.5. The molecule has 6 heteroatoms. The highest BCUT2D eigenvalue weighted by Crippen LogP contribution is 2.45. The molecule has 134 valence electrons. The highest BCUT2D eigenvalue weighted by Gasteiger charge is 2.40. The molecule has 4 saturated carbocycles. The van der Waals surface area contributed by atoms with Gasteiger partial charge in [0.05, 0.1) is 0 Å². The summed E-state index contributed by atoms with van der Waals surface area (Å²) in [4.78, 5) is 0. The van der Waals surface area contributed by atoms with E-state index in [4.69, 9.17) is 24.4 Å². The molecular formula is C18H30N4S2. The summed E-state index contributed by atoms with van der Waals surface area (Å²) in [5.41, 5.74) is 0. The van der Waals surface area contributed by atoms with Crippen LogP contribution in [0.25, 0.3) is 0 Å². The molecule has 6 atom stereocenters. The summed E-state index contributed by atoms with van der Waals surface area (Å²) in [6.45, 7) is 1.62. The van der Waals surface area contributed by atoms with Gasteiger partial charge in [-0.2, -0.15) is 0 Å². The number of thiocarbonyl (C=S) groups is 2. The standard InChI is InChI=1S/C18H30N4S2/c23-17(21-15-9-11-1-3-13(15)7-11)19-5-6-20-18(24)22-16-10-12-2-4-14(16)8-12/h11-16H,1-10H2,(H2,19,21,23)(H2,20,22,24). The van der Waals surface area contributed by atoms with Gasteiger partial charge >= 0.3 is 0 Å². The molecule has 0 aromatic carbocycles. The summed E-state index contributed by atoms with van der Waals surface area (Å²) in [5, 5.41) is 15.3. The normalized spacial score (nSPS) is 39.0. The Balaban J connectivity index is 1.07. The van der Waals surface area contributed by atoms with Crippen LogP contribution in [0.15, 0.2) is 0 Å². The molecule has 0 aliphatic heterocycles. The quantitative estimate of drug-likeness (QED) is 0.442. The number of nitrogens with one attached hydrogen (secondary N) is 4. The summed E-state index contributed by atoms with van der Waals surface area (Å²) in [6, 6.07) is 1.22. The second-order valence-corrected chi connectivity index (χ2v) is 9.18. The molecule has 4 aliphatic rings. The van der Waals surface area contributed by atoms with Gasteiger partial charge in [-0.15, -0.1) is 0 Å². The molecular weight excluding hydrogens is 336 g/mol. The molecule has 0 aromatic rings. The van der Waals surface area contributed by atoms with E-state index in [1.54, 1.807) is 0 Å². The number of fused-ring (bicyclic) bond motifs is 4. The van der Waals surface area contributed by atoms with E-state index < -0.39 is 0 Å². The van der Waals surface area contributed by atoms with E-state index >= 15 is 0 Å². The van der Waals surface area contributed by atoms with Gasteiger partial charge < -0.3 is 21.3 Å². The second-order valence-electron chi connectivity index (χ2n) is 8.36. The van der Waals surface area contributed by atoms with Crippen molar-refractivity contribution in [3.8, 4) is 0 Å². The Morgan fingerprint density at radius 1 is 0.667 bits per heavy atom. The summed E-state index contributed by atoms with van der Waals surface area (Å²) in [6.07, 6.45) is 11.1. The number of hydrogen-bond donors (Lipinski definition) is 4. The first kappa shape index (κ1) is 16.8. The summed E-state index contributed by atoms with van der Waals surface area (Å²) in [5.74, 6) is 3.61. The van der Waals surface area contributed by atoms with Gasteiger partial charge in [-0.05, 0) is 86.6 Å². The highest BCUT2D eigenvalue weighted by molar-refractivity contribution is 7.80. The van der Waals surface area contributed by atoms with Crippen LogP contribution in [0.3, 0.4) is 0 Å². The van der Waals surface area contributed by atoms with Crippen molar-refractivity contribution < 1.29 is 0 Å². The summed E-state index contributed by atoms with van der Waals surface area (Å²) >= 11 is 10.9. The third kappa shape index (κ3) is 3.79. The van der Waals surface area contributed by atoms with Crippen molar-refractivity contribution in [3.05, 3.63) is 0 Å². The second kappa shape index (κ2) is 7.32. The van der Waals surface area contributed by atoms with E-state index in [9.17, 15) is 0 Å². The van der Waals surface area contributed by atoms with E-state index in [0.29, 0.717) is 12.1 Å². The third-order valence-electron chi connectivity index (χ3n) is 6.81. The van der Waals surface area contributed by atoms with Crippen molar-refractivity contribution in [2.24, 2.45) is 23.7 Å². The minimum Gasteiger partial charge on any atom is -0.361 e. The summed E-state index contributed by atoms with van der Waals surface area (Å²) in [7, 11) is 0. The molecule has 0 heterocycles. The lowest BCUT2D eigenvalue weighted by atomic mass is 9.95. The summed E-state index contributed by atoms with van der Waals surface area (Å²) < 4.78 is 0. The molecule has 0 radical (unpaired) electrons. The molecule has 0 spiro atoms. The van der Waals surface area contributed by atoms with Crippen molar-refractivity contribution in [2.45, 2.75) is 63.5 Å². The maximum absolute atomic E-state index is 5.44. The van der Waals surface area contributed by atoms with Crippen molar-refractivity contribution in [1.29, 1.82) is 0 Å². The molecule has 24 heavy (non-hydrogen) atoms. The van der Waals surface area contributed by atoms with E-state index in [2.05, 4.69) is 21.3 Å². The maximum atomic E-state index is 5.44. The van der Waals surface area contributed by atoms with Crippen LogP contribution in [-0.4, -0.2) is 35.4 Å². The maximum Gasteiger partial charge on any atom is 0.166 e. The average molecular weight is 367 g/mol. The predicted octanol–water partition coefficient (Wildman–Crippen LogP) is 2.29. The van der Waals surface area contributed by atoms with Gasteiger partial charge in [0.1, 0.15) is 0 Å². The fourth-order valence-corrected chi connectivity index (χ4v) is 6.14. The molecule has 4 fully saturated rings. The van der Waals surface area contributed by atoms with E-state index in [1.165, 1.54) is 51.4 Å². The van der Waals surface area contributed by atoms with Crippen molar-refractivity contribution in [1.82, 2.24) is 21.3 Å². The first-order chi connectivity index (χ1) is 11.7. The fraction of sp³-hybridized carbons (Fsp3) is 0.889. The lowest BCUT2D eigenvalue weighted by molar-refractivity contribution is 0.388. The molecule has 0 amide bonds. The SMILES string of the molecule is S=C(NCCNC(=S)NC1CC2CCC1C2)NC1CC2CCC1C2. The van der Waals surface area contributed by atoms with Crippen LogP contribution >= 0.6 is 24.4 Å². The van der Waals surface area contributed by atoms with Gasteiger partial charge in [0.2, 0.25) is 0 Å². The zero-order valence-electron chi connectivity index (χ0n) is 14.4. The average Bonchev–Trinajstić information content (AvgIpc) is 3.32. The Labute approximate surface area is 156 Å². The lowest BCUT2D eigenvalue weighted by Crippen LogP contribution is -2.48. The van der Waals surface area contributed by atoms with Crippen LogP contribution in [-0.2, 0) is 0 Å². The van der Waals surface area contributed by atoms with Crippen LogP contribution in [0.4, 0.5) is 0 Å². The van der Waals surface area contributed by atoms with Gasteiger partial charge in [-0.1, -0.05) is 12.8 Å². The van der Waals surface area contributed by atoms with Gasteiger partial charge in [0, 0.05) is 25.2 Å². The Kier molecular flexibility index (Phi) is 5.13. The Morgan fingerprint density at radius 2 is 1.12 bits per heavy atom. The predicted molar refractivity (Wildman–Crippen MR) is 106 cm³/mol. The van der Waals surface area contributed by atoms with Gasteiger partial charge in [0.25, 0.3) is 0 Å². The highest BCUT2D eigenvalue weighted by atomic mass is 32.1. The van der Waals surface area contributed by atoms with Gasteiger partial charge in [0.15, 0.2) is 10.2 Å². The van der Waals surface area contributed by atoms with Crippen LogP contribution in [0.1, 0.15) is 51.4 Å². The zero-order valence-corrected chi connectivity index (χ0v) is 16.0. The van der Waals surface area contributed by atoms with E-state index in [-0.39, 0.29) is 0 Å². The molecule has 4 aliphatic carbocycles. The first-order valence-electron chi connectivity index (χ1n) is 9.76. The van der Waals surface area contributed by atoms with Gasteiger partial charge in [-0.25, -0.2) is 0 Å². The molecule has 4 rings (SSSR count). The Bertz CT molecular complexity index is 453. The molecule has 4 nitrogen and oxygen atoms in total. The molecule has 4 bridgehead atoms. The van der Waals surface area contributed by atoms with Crippen LogP contribution in [0.2, 0.25) is 0 Å². The minimum atomic E-state index is 0.609. The van der Waals surface area contributed by atoms with Crippen LogP contribution in [0.5, 0.6) is 0 Å². The number of hydrogen-bond acceptors (Lipinski definition) is 2. The first-order valence-corrected chi connectivity index (χ1v) is 10.6. The largest absolute Gasteiger partial charge is 0.361 e. The fourth-order valence-electron chi connectivity index (χ4n) is 5.63. The molecule has 4 N–H and O–H groups in total. The van der Waals surface area contributed by atoms with Crippen molar-refractivity contribution >= 4 is 34.7 Å². The van der Waals surface area contributed by atoms with Gasteiger partial charge in [-0.3, -0.25) is 0 Å². The van der Waals surface area contributed by atoms with Crippen molar-refractivity contribution in [2.75, 3.05) is 13.1 Å². The number of rotatable bonds is 5. The van der Waals surface area contributed by atoms with Crippen molar-refractivity contribution in [3.63, 3.8) is 0 Å². The van der Waals surface area contributed by atoms with Crippen LogP contribution < -0.4 is 21.3 Å². The smallest absolute Gasteiger partial charge is 0.166 e. The van der Waals surface area contributed by atoms with E-state index in [1.807, 2.05) is 0 Å². The molecule has 0 saturated heterocycles. The van der Waals surface area contributed by atoms with E-state index in [0.717, 1.165) is 47.0 Å². The lowest BCUT2D eigenvalue weighted by Gasteiger charge is -2.25. The Hall–Kier alpha value is -0.620. The topological polar surface area (TPSA) is 48.1 Å². The minimum absolute atomic E-state index is 0.609. The third-order valence-corrected chi connectivity index (χ3v) is 7.33. The molecule has 6 unspecified atom stereocenters.